The van der Waals surface area contributed by atoms with Crippen molar-refractivity contribution in [1.82, 2.24) is 4.90 Å². The predicted molar refractivity (Wildman–Crippen MR) is 55.1 cm³/mol. The van der Waals surface area contributed by atoms with Crippen molar-refractivity contribution in [2.24, 2.45) is 5.73 Å². The summed E-state index contributed by atoms with van der Waals surface area (Å²) >= 11 is 0. The fraction of sp³-hybridized carbons (Fsp3) is 1.00. The second-order valence-electron chi connectivity index (χ2n) is 5.27. The molecule has 2 unspecified atom stereocenters. The number of ether oxygens (including phenoxy) is 1. The van der Waals surface area contributed by atoms with E-state index in [9.17, 15) is 0 Å². The Kier molecular flexibility index (Phi) is 1.92. The van der Waals surface area contributed by atoms with Gasteiger partial charge in [-0.25, -0.2) is 0 Å². The van der Waals surface area contributed by atoms with Crippen molar-refractivity contribution in [3.63, 3.8) is 0 Å². The highest BCUT2D eigenvalue weighted by Crippen LogP contribution is 2.47. The van der Waals surface area contributed by atoms with Gasteiger partial charge in [-0.05, 0) is 38.6 Å². The van der Waals surface area contributed by atoms with Crippen molar-refractivity contribution < 1.29 is 4.74 Å². The van der Waals surface area contributed by atoms with Crippen LogP contribution in [0.4, 0.5) is 0 Å². The van der Waals surface area contributed by atoms with E-state index in [1.54, 1.807) is 0 Å². The highest BCUT2D eigenvalue weighted by molar-refractivity contribution is 5.11. The number of nitrogens with two attached hydrogens (primary N) is 1. The molecule has 0 aromatic rings. The number of rotatable bonds is 1. The molecule has 0 bridgehead atoms. The fourth-order valence-corrected chi connectivity index (χ4v) is 3.77. The highest BCUT2D eigenvalue weighted by atomic mass is 16.5. The minimum absolute atomic E-state index is 0.194. The van der Waals surface area contributed by atoms with Gasteiger partial charge in [0.15, 0.2) is 0 Å². The molecule has 3 heterocycles. The van der Waals surface area contributed by atoms with Gasteiger partial charge < -0.3 is 10.5 Å². The zero-order chi connectivity index (χ0) is 9.65. The molecule has 0 saturated carbocycles. The van der Waals surface area contributed by atoms with Gasteiger partial charge in [0.2, 0.25) is 0 Å². The summed E-state index contributed by atoms with van der Waals surface area (Å²) in [5.74, 6) is 0. The quantitative estimate of drug-likeness (QED) is 0.672. The Hall–Kier alpha value is -0.120. The molecule has 0 aromatic carbocycles. The summed E-state index contributed by atoms with van der Waals surface area (Å²) in [6.45, 7) is 4.17. The average Bonchev–Trinajstić information content (AvgIpc) is 2.81. The third kappa shape index (κ3) is 1.09. The molecule has 3 aliphatic rings. The van der Waals surface area contributed by atoms with Gasteiger partial charge in [-0.2, -0.15) is 0 Å². The van der Waals surface area contributed by atoms with Crippen LogP contribution in [0, 0.1) is 0 Å². The first-order valence-electron chi connectivity index (χ1n) is 5.88. The van der Waals surface area contributed by atoms with Gasteiger partial charge in [-0.3, -0.25) is 4.90 Å². The Labute approximate surface area is 85.6 Å². The minimum Gasteiger partial charge on any atom is -0.374 e. The lowest BCUT2D eigenvalue weighted by Crippen LogP contribution is -2.44. The molecule has 80 valence electrons. The van der Waals surface area contributed by atoms with E-state index in [0.29, 0.717) is 5.54 Å². The third-order valence-electron chi connectivity index (χ3n) is 4.44. The second-order valence-corrected chi connectivity index (χ2v) is 5.27. The van der Waals surface area contributed by atoms with Gasteiger partial charge in [0, 0.05) is 25.2 Å². The maximum Gasteiger partial charge on any atom is 0.0827 e. The van der Waals surface area contributed by atoms with Crippen molar-refractivity contribution in [2.75, 3.05) is 26.2 Å². The first-order valence-corrected chi connectivity index (χ1v) is 5.88. The van der Waals surface area contributed by atoms with Crippen LogP contribution in [0.2, 0.25) is 0 Å². The van der Waals surface area contributed by atoms with Crippen molar-refractivity contribution in [2.45, 2.75) is 43.2 Å². The van der Waals surface area contributed by atoms with Crippen LogP contribution in [0.3, 0.4) is 0 Å². The molecule has 0 aliphatic carbocycles. The van der Waals surface area contributed by atoms with Crippen LogP contribution >= 0.6 is 0 Å². The van der Waals surface area contributed by atoms with Crippen molar-refractivity contribution in [1.29, 1.82) is 0 Å². The van der Waals surface area contributed by atoms with Crippen molar-refractivity contribution >= 4 is 0 Å². The summed E-state index contributed by atoms with van der Waals surface area (Å²) in [5, 5.41) is 0. The lowest BCUT2D eigenvalue weighted by atomic mass is 9.86. The fourth-order valence-electron chi connectivity index (χ4n) is 3.77. The summed E-state index contributed by atoms with van der Waals surface area (Å²) in [5.41, 5.74) is 6.47. The third-order valence-corrected chi connectivity index (χ3v) is 4.44. The lowest BCUT2D eigenvalue weighted by Gasteiger charge is -2.30. The Morgan fingerprint density at radius 2 is 2.21 bits per heavy atom. The average molecular weight is 196 g/mol. The Morgan fingerprint density at radius 1 is 1.29 bits per heavy atom. The lowest BCUT2D eigenvalue weighted by molar-refractivity contribution is 0.0108. The van der Waals surface area contributed by atoms with E-state index in [4.69, 9.17) is 10.5 Å². The highest BCUT2D eigenvalue weighted by Gasteiger charge is 2.55. The molecule has 3 fully saturated rings. The smallest absolute Gasteiger partial charge is 0.0827 e. The first kappa shape index (κ1) is 9.13. The monoisotopic (exact) mass is 196 g/mol. The molecule has 2 N–H and O–H groups in total. The molecule has 0 amide bonds. The van der Waals surface area contributed by atoms with Gasteiger partial charge >= 0.3 is 0 Å². The van der Waals surface area contributed by atoms with Crippen LogP contribution in [0.25, 0.3) is 0 Å². The van der Waals surface area contributed by atoms with Crippen LogP contribution in [0.15, 0.2) is 0 Å². The summed E-state index contributed by atoms with van der Waals surface area (Å²) in [6.07, 6.45) is 6.30. The van der Waals surface area contributed by atoms with Gasteiger partial charge in [0.05, 0.1) is 5.60 Å². The van der Waals surface area contributed by atoms with Crippen LogP contribution in [0.5, 0.6) is 0 Å². The van der Waals surface area contributed by atoms with Gasteiger partial charge in [-0.1, -0.05) is 0 Å². The molecular formula is C11H20N2O. The molecule has 0 radical (unpaired) electrons. The van der Waals surface area contributed by atoms with E-state index in [-0.39, 0.29) is 5.60 Å². The standard InChI is InChI=1S/C11H20N2O/c12-8-10-3-1-5-13(10)9-11(7-10)4-2-6-14-11/h1-9,12H2. The molecule has 1 spiro atoms. The molecule has 3 aliphatic heterocycles. The van der Waals surface area contributed by atoms with E-state index in [1.165, 1.54) is 38.6 Å². The predicted octanol–water partition coefficient (Wildman–Crippen LogP) is 0.733. The van der Waals surface area contributed by atoms with Gasteiger partial charge in [0.1, 0.15) is 0 Å². The van der Waals surface area contributed by atoms with E-state index in [1.807, 2.05) is 0 Å². The molecule has 14 heavy (non-hydrogen) atoms. The van der Waals surface area contributed by atoms with Crippen LogP contribution in [-0.4, -0.2) is 42.3 Å². The van der Waals surface area contributed by atoms with Crippen molar-refractivity contribution in [3.05, 3.63) is 0 Å². The van der Waals surface area contributed by atoms with E-state index in [0.717, 1.165) is 19.7 Å². The first-order chi connectivity index (χ1) is 6.79. The SMILES string of the molecule is NCC12CCCN1CC1(CCCO1)C2. The summed E-state index contributed by atoms with van der Waals surface area (Å²) < 4.78 is 5.97. The van der Waals surface area contributed by atoms with Crippen LogP contribution in [-0.2, 0) is 4.74 Å². The molecular weight excluding hydrogens is 176 g/mol. The molecule has 0 aromatic heterocycles. The number of fused-ring (bicyclic) bond motifs is 1. The maximum absolute atomic E-state index is 5.97. The van der Waals surface area contributed by atoms with Crippen molar-refractivity contribution in [3.8, 4) is 0 Å². The number of hydrogen-bond donors (Lipinski definition) is 1. The topological polar surface area (TPSA) is 38.5 Å². The minimum atomic E-state index is 0.194. The van der Waals surface area contributed by atoms with E-state index >= 15 is 0 Å². The van der Waals surface area contributed by atoms with E-state index < -0.39 is 0 Å². The van der Waals surface area contributed by atoms with Crippen LogP contribution in [0.1, 0.15) is 32.1 Å². The molecule has 3 nitrogen and oxygen atoms in total. The Balaban J connectivity index is 1.85. The molecule has 3 rings (SSSR count). The number of hydrogen-bond acceptors (Lipinski definition) is 3. The summed E-state index contributed by atoms with van der Waals surface area (Å²) in [6, 6.07) is 0. The zero-order valence-electron chi connectivity index (χ0n) is 8.80. The zero-order valence-corrected chi connectivity index (χ0v) is 8.80. The summed E-state index contributed by atoms with van der Waals surface area (Å²) in [4.78, 5) is 2.60. The van der Waals surface area contributed by atoms with E-state index in [2.05, 4.69) is 4.90 Å². The van der Waals surface area contributed by atoms with Gasteiger partial charge in [0.25, 0.3) is 0 Å². The largest absolute Gasteiger partial charge is 0.374 e. The molecule has 2 atom stereocenters. The normalized spacial score (nSPS) is 47.8. The number of nitrogens with zero attached hydrogens (tertiary/aromatic N) is 1. The maximum atomic E-state index is 5.97. The Bertz CT molecular complexity index is 237. The molecule has 3 heteroatoms. The van der Waals surface area contributed by atoms with Crippen LogP contribution < -0.4 is 5.73 Å². The molecule has 3 saturated heterocycles. The summed E-state index contributed by atoms with van der Waals surface area (Å²) in [7, 11) is 0. The second kappa shape index (κ2) is 2.94. The Morgan fingerprint density at radius 3 is 2.86 bits per heavy atom. The van der Waals surface area contributed by atoms with Gasteiger partial charge in [-0.15, -0.1) is 0 Å².